The molecule has 0 aliphatic heterocycles. The summed E-state index contributed by atoms with van der Waals surface area (Å²) in [6.45, 7) is 0. The molecule has 4 nitrogen and oxygen atoms in total. The third-order valence-electron chi connectivity index (χ3n) is 3.80. The first-order valence-corrected chi connectivity index (χ1v) is 8.06. The zero-order valence-corrected chi connectivity index (χ0v) is 12.8. The molecule has 0 radical (unpaired) electrons. The minimum absolute atomic E-state index is 0.631. The molecular formula is C18H10N4S. The number of thiophene rings is 1. The maximum atomic E-state index is 4.74. The summed E-state index contributed by atoms with van der Waals surface area (Å²) in [7, 11) is 0. The lowest BCUT2D eigenvalue weighted by molar-refractivity contribution is 1.18. The van der Waals surface area contributed by atoms with Gasteiger partial charge in [0.2, 0.25) is 0 Å². The van der Waals surface area contributed by atoms with E-state index in [1.807, 2.05) is 36.4 Å². The topological polar surface area (TPSA) is 51.6 Å². The van der Waals surface area contributed by atoms with Crippen LogP contribution in [-0.4, -0.2) is 19.9 Å². The van der Waals surface area contributed by atoms with Crippen LogP contribution >= 0.6 is 11.3 Å². The van der Waals surface area contributed by atoms with Gasteiger partial charge in [0.15, 0.2) is 5.65 Å². The molecular weight excluding hydrogens is 304 g/mol. The Labute approximate surface area is 135 Å². The molecule has 0 aliphatic carbocycles. The second kappa shape index (κ2) is 4.79. The molecule has 0 unspecified atom stereocenters. The van der Waals surface area contributed by atoms with Crippen LogP contribution < -0.4 is 0 Å². The first-order valence-electron chi connectivity index (χ1n) is 7.25. The summed E-state index contributed by atoms with van der Waals surface area (Å²) in [6.07, 6.45) is 1.56. The Bertz CT molecular complexity index is 1150. The number of para-hydroxylation sites is 2. The second-order valence-electron chi connectivity index (χ2n) is 5.26. The quantitative estimate of drug-likeness (QED) is 0.429. The average molecular weight is 314 g/mol. The van der Waals surface area contributed by atoms with E-state index >= 15 is 0 Å². The Hall–Kier alpha value is -2.92. The maximum absolute atomic E-state index is 4.74. The summed E-state index contributed by atoms with van der Waals surface area (Å²) < 4.78 is 1.24. The molecule has 108 valence electrons. The van der Waals surface area contributed by atoms with Crippen LogP contribution in [0, 0.1) is 0 Å². The zero-order valence-electron chi connectivity index (χ0n) is 12.0. The van der Waals surface area contributed by atoms with E-state index in [1.54, 1.807) is 17.7 Å². The van der Waals surface area contributed by atoms with Crippen LogP contribution in [0.5, 0.6) is 0 Å². The summed E-state index contributed by atoms with van der Waals surface area (Å²) in [6, 6.07) is 18.3. The van der Waals surface area contributed by atoms with E-state index < -0.39 is 0 Å². The molecule has 0 spiro atoms. The minimum atomic E-state index is 0.631. The van der Waals surface area contributed by atoms with Crippen molar-refractivity contribution in [3.63, 3.8) is 0 Å². The van der Waals surface area contributed by atoms with Crippen LogP contribution in [0.15, 0.2) is 60.9 Å². The predicted octanol–water partition coefficient (Wildman–Crippen LogP) is 4.45. The Morgan fingerprint density at radius 2 is 1.57 bits per heavy atom. The maximum Gasteiger partial charge on any atom is 0.182 e. The van der Waals surface area contributed by atoms with E-state index in [-0.39, 0.29) is 0 Å². The van der Waals surface area contributed by atoms with Gasteiger partial charge in [0.05, 0.1) is 15.9 Å². The van der Waals surface area contributed by atoms with Crippen molar-refractivity contribution in [3.8, 4) is 10.6 Å². The van der Waals surface area contributed by atoms with Gasteiger partial charge in [-0.3, -0.25) is 0 Å². The van der Waals surface area contributed by atoms with E-state index in [4.69, 9.17) is 4.98 Å². The van der Waals surface area contributed by atoms with Gasteiger partial charge in [0.25, 0.3) is 0 Å². The minimum Gasteiger partial charge on any atom is -0.240 e. The van der Waals surface area contributed by atoms with Gasteiger partial charge >= 0.3 is 0 Å². The molecule has 0 bridgehead atoms. The lowest BCUT2D eigenvalue weighted by Crippen LogP contribution is -1.94. The first-order chi connectivity index (χ1) is 11.4. The molecule has 5 rings (SSSR count). The van der Waals surface area contributed by atoms with Crippen molar-refractivity contribution >= 4 is 43.6 Å². The van der Waals surface area contributed by atoms with Crippen molar-refractivity contribution in [1.29, 1.82) is 0 Å². The molecule has 5 aromatic rings. The predicted molar refractivity (Wildman–Crippen MR) is 93.5 cm³/mol. The summed E-state index contributed by atoms with van der Waals surface area (Å²) >= 11 is 1.71. The highest BCUT2D eigenvalue weighted by atomic mass is 32.1. The van der Waals surface area contributed by atoms with Crippen LogP contribution in [0.25, 0.3) is 42.9 Å². The molecule has 5 heteroatoms. The van der Waals surface area contributed by atoms with Gasteiger partial charge in [-0.25, -0.2) is 19.9 Å². The fourth-order valence-corrected chi connectivity index (χ4v) is 3.78. The number of benzene rings is 2. The van der Waals surface area contributed by atoms with Crippen LogP contribution in [-0.2, 0) is 0 Å². The third kappa shape index (κ3) is 1.98. The van der Waals surface area contributed by atoms with Gasteiger partial charge in [-0.1, -0.05) is 30.3 Å². The van der Waals surface area contributed by atoms with Crippen LogP contribution in [0.1, 0.15) is 0 Å². The monoisotopic (exact) mass is 314 g/mol. The van der Waals surface area contributed by atoms with Crippen molar-refractivity contribution < 1.29 is 0 Å². The van der Waals surface area contributed by atoms with Crippen LogP contribution in [0.3, 0.4) is 0 Å². The van der Waals surface area contributed by atoms with Gasteiger partial charge in [-0.05, 0) is 29.7 Å². The Morgan fingerprint density at radius 1 is 0.783 bits per heavy atom. The lowest BCUT2D eigenvalue weighted by atomic mass is 10.2. The van der Waals surface area contributed by atoms with Crippen LogP contribution in [0.4, 0.5) is 0 Å². The van der Waals surface area contributed by atoms with E-state index in [9.17, 15) is 0 Å². The largest absolute Gasteiger partial charge is 0.240 e. The van der Waals surface area contributed by atoms with Gasteiger partial charge < -0.3 is 0 Å². The van der Waals surface area contributed by atoms with Gasteiger partial charge in [0.1, 0.15) is 17.5 Å². The van der Waals surface area contributed by atoms with Crippen molar-refractivity contribution in [2.45, 2.75) is 0 Å². The fourth-order valence-electron chi connectivity index (χ4n) is 2.72. The number of aromatic nitrogens is 4. The summed E-state index contributed by atoms with van der Waals surface area (Å²) in [5.41, 5.74) is 3.93. The smallest absolute Gasteiger partial charge is 0.182 e. The highest BCUT2D eigenvalue weighted by Gasteiger charge is 2.13. The van der Waals surface area contributed by atoms with Crippen molar-refractivity contribution in [1.82, 2.24) is 19.9 Å². The number of nitrogens with zero attached hydrogens (tertiary/aromatic N) is 4. The number of hydrogen-bond donors (Lipinski definition) is 0. The molecule has 3 aromatic heterocycles. The molecule has 0 aliphatic rings. The molecule has 3 heterocycles. The number of hydrogen-bond acceptors (Lipinski definition) is 5. The first kappa shape index (κ1) is 12.6. The van der Waals surface area contributed by atoms with E-state index in [0.29, 0.717) is 5.65 Å². The van der Waals surface area contributed by atoms with Crippen LogP contribution in [0.2, 0.25) is 0 Å². The SMILES string of the molecule is c1ccc2sc(-c3ncnc4nc5ccccc5nc34)cc2c1. The Balaban J connectivity index is 1.84. The van der Waals surface area contributed by atoms with E-state index in [2.05, 4.69) is 33.2 Å². The molecule has 0 amide bonds. The van der Waals surface area contributed by atoms with E-state index in [1.165, 1.54) is 10.1 Å². The summed E-state index contributed by atoms with van der Waals surface area (Å²) in [5.74, 6) is 0. The van der Waals surface area contributed by atoms with Gasteiger partial charge in [0, 0.05) is 4.70 Å². The van der Waals surface area contributed by atoms with Crippen molar-refractivity contribution in [3.05, 3.63) is 60.9 Å². The molecule has 0 saturated carbocycles. The van der Waals surface area contributed by atoms with Gasteiger partial charge in [-0.15, -0.1) is 11.3 Å². The standard InChI is InChI=1S/C18H10N4S/c1-4-8-14-11(5-1)9-15(23-14)16-17-18(20-10-19-16)22-13-7-3-2-6-12(13)21-17/h1-10H. The fraction of sp³-hybridized carbons (Fsp3) is 0. The zero-order chi connectivity index (χ0) is 15.2. The summed E-state index contributed by atoms with van der Waals surface area (Å²) in [5, 5.41) is 1.22. The molecule has 0 N–H and O–H groups in total. The number of rotatable bonds is 1. The highest BCUT2D eigenvalue weighted by molar-refractivity contribution is 7.22. The molecule has 2 aromatic carbocycles. The Kier molecular flexibility index (Phi) is 2.63. The van der Waals surface area contributed by atoms with Crippen molar-refractivity contribution in [2.24, 2.45) is 0 Å². The second-order valence-corrected chi connectivity index (χ2v) is 6.34. The number of fused-ring (bicyclic) bond motifs is 3. The molecule has 0 fully saturated rings. The average Bonchev–Trinajstić information content (AvgIpc) is 3.03. The third-order valence-corrected chi connectivity index (χ3v) is 4.93. The summed E-state index contributed by atoms with van der Waals surface area (Å²) in [4.78, 5) is 19.2. The molecule has 0 atom stereocenters. The highest BCUT2D eigenvalue weighted by Crippen LogP contribution is 2.34. The molecule has 23 heavy (non-hydrogen) atoms. The van der Waals surface area contributed by atoms with Crippen molar-refractivity contribution in [2.75, 3.05) is 0 Å². The van der Waals surface area contributed by atoms with Gasteiger partial charge in [-0.2, -0.15) is 0 Å². The van der Waals surface area contributed by atoms with E-state index in [0.717, 1.165) is 27.1 Å². The lowest BCUT2D eigenvalue weighted by Gasteiger charge is -2.03. The molecule has 0 saturated heterocycles. The Morgan fingerprint density at radius 3 is 2.43 bits per heavy atom. The normalized spacial score (nSPS) is 11.5.